The van der Waals surface area contributed by atoms with E-state index in [1.54, 1.807) is 13.1 Å². The molecule has 1 N–H and O–H groups in total. The van der Waals surface area contributed by atoms with Crippen LogP contribution in [-0.4, -0.2) is 33.1 Å². The summed E-state index contributed by atoms with van der Waals surface area (Å²) in [4.78, 5) is 40.7. The van der Waals surface area contributed by atoms with Crippen LogP contribution in [0.2, 0.25) is 0 Å². The number of methoxy groups -OCH3 is 1. The summed E-state index contributed by atoms with van der Waals surface area (Å²) in [6, 6.07) is 14.5. The number of rotatable bonds is 4. The minimum Gasteiger partial charge on any atom is -0.375 e. The van der Waals surface area contributed by atoms with Crippen molar-refractivity contribution in [1.82, 2.24) is 14.9 Å². The fourth-order valence-corrected chi connectivity index (χ4v) is 4.25. The maximum Gasteiger partial charge on any atom is 0.286 e. The predicted molar refractivity (Wildman–Crippen MR) is 107 cm³/mol. The zero-order chi connectivity index (χ0) is 19.8. The number of thioether (sulfide) groups is 1. The highest BCUT2D eigenvalue weighted by atomic mass is 32.2. The summed E-state index contributed by atoms with van der Waals surface area (Å²) in [5, 5.41) is 1.84. The lowest BCUT2D eigenvalue weighted by molar-refractivity contribution is -0.121. The number of amides is 2. The third-order valence-corrected chi connectivity index (χ3v) is 5.76. The number of para-hydroxylation sites is 1. The van der Waals surface area contributed by atoms with Gasteiger partial charge in [-0.2, -0.15) is 0 Å². The molecule has 2 atom stereocenters. The lowest BCUT2D eigenvalue weighted by atomic mass is 10.0. The first-order valence-corrected chi connectivity index (χ1v) is 9.48. The number of aromatic nitrogens is 2. The van der Waals surface area contributed by atoms with Gasteiger partial charge < -0.3 is 4.74 Å². The van der Waals surface area contributed by atoms with E-state index < -0.39 is 11.4 Å². The number of fused-ring (bicyclic) bond motifs is 1. The number of nitrogens with zero attached hydrogens (tertiary/aromatic N) is 2. The van der Waals surface area contributed by atoms with Crippen molar-refractivity contribution in [1.29, 1.82) is 0 Å². The zero-order valence-electron chi connectivity index (χ0n) is 15.2. The van der Waals surface area contributed by atoms with Gasteiger partial charge in [-0.15, -0.1) is 0 Å². The Balaban J connectivity index is 1.71. The molecule has 0 bridgehead atoms. The van der Waals surface area contributed by atoms with Crippen LogP contribution in [0.4, 0.5) is 4.79 Å². The molecule has 1 aliphatic rings. The molecule has 0 radical (unpaired) electrons. The van der Waals surface area contributed by atoms with Crippen LogP contribution in [0.5, 0.6) is 0 Å². The molecule has 0 aliphatic carbocycles. The number of carbonyl (C=O) groups is 2. The van der Waals surface area contributed by atoms with Crippen molar-refractivity contribution in [3.63, 3.8) is 0 Å². The van der Waals surface area contributed by atoms with E-state index in [4.69, 9.17) is 4.74 Å². The van der Waals surface area contributed by atoms with Gasteiger partial charge in [-0.1, -0.05) is 36.4 Å². The highest BCUT2D eigenvalue weighted by molar-refractivity contribution is 8.15. The lowest BCUT2D eigenvalue weighted by Crippen LogP contribution is -2.29. The van der Waals surface area contributed by atoms with E-state index in [2.05, 4.69) is 10.3 Å². The van der Waals surface area contributed by atoms with E-state index in [9.17, 15) is 14.4 Å². The molecule has 1 fully saturated rings. The monoisotopic (exact) mass is 395 g/mol. The minimum absolute atomic E-state index is 0.114. The normalized spacial score (nSPS) is 17.7. The number of ether oxygens (including phenoxy) is 1. The highest BCUT2D eigenvalue weighted by Gasteiger charge is 2.39. The first kappa shape index (κ1) is 18.4. The topological polar surface area (TPSA) is 90.3 Å². The van der Waals surface area contributed by atoms with Crippen molar-refractivity contribution in [3.8, 4) is 11.4 Å². The second-order valence-corrected chi connectivity index (χ2v) is 7.52. The van der Waals surface area contributed by atoms with Crippen molar-refractivity contribution in [3.05, 3.63) is 64.4 Å². The molecule has 1 saturated heterocycles. The summed E-state index contributed by atoms with van der Waals surface area (Å²) >= 11 is 0.925. The SMILES string of the molecule is COC(c1ccc(-c2nc3ccccc3c(=O)n2C)cc1)C1SC(=O)NC1=O. The Morgan fingerprint density at radius 3 is 2.46 bits per heavy atom. The van der Waals surface area contributed by atoms with Gasteiger partial charge in [0.25, 0.3) is 10.8 Å². The second kappa shape index (κ2) is 7.21. The van der Waals surface area contributed by atoms with Crippen LogP contribution < -0.4 is 10.9 Å². The van der Waals surface area contributed by atoms with Gasteiger partial charge in [-0.05, 0) is 29.5 Å². The Hall–Kier alpha value is -2.97. The molecular formula is C20H17N3O4S. The second-order valence-electron chi connectivity index (χ2n) is 6.41. The van der Waals surface area contributed by atoms with E-state index in [1.165, 1.54) is 11.7 Å². The summed E-state index contributed by atoms with van der Waals surface area (Å²) in [5.74, 6) is 0.192. The maximum atomic E-state index is 12.6. The maximum absolute atomic E-state index is 12.6. The van der Waals surface area contributed by atoms with E-state index in [0.717, 1.165) is 22.9 Å². The number of nitrogens with one attached hydrogen (secondary N) is 1. The van der Waals surface area contributed by atoms with Crippen molar-refractivity contribution in [2.75, 3.05) is 7.11 Å². The highest BCUT2D eigenvalue weighted by Crippen LogP contribution is 2.34. The van der Waals surface area contributed by atoms with Gasteiger partial charge >= 0.3 is 0 Å². The van der Waals surface area contributed by atoms with Gasteiger partial charge in [0.15, 0.2) is 0 Å². The van der Waals surface area contributed by atoms with E-state index in [1.807, 2.05) is 42.5 Å². The van der Waals surface area contributed by atoms with Crippen molar-refractivity contribution < 1.29 is 14.3 Å². The summed E-state index contributed by atoms with van der Waals surface area (Å²) in [6.07, 6.45) is -0.557. The Morgan fingerprint density at radius 2 is 1.82 bits per heavy atom. The molecule has 7 nitrogen and oxygen atoms in total. The summed E-state index contributed by atoms with van der Waals surface area (Å²) < 4.78 is 7.00. The molecule has 1 aliphatic heterocycles. The molecule has 8 heteroatoms. The molecular weight excluding hydrogens is 378 g/mol. The molecule has 4 rings (SSSR count). The molecule has 0 saturated carbocycles. The van der Waals surface area contributed by atoms with Gasteiger partial charge in [0.1, 0.15) is 17.2 Å². The van der Waals surface area contributed by atoms with Gasteiger partial charge in [0.05, 0.1) is 10.9 Å². The largest absolute Gasteiger partial charge is 0.375 e. The first-order valence-electron chi connectivity index (χ1n) is 8.60. The molecule has 3 aromatic rings. The molecule has 2 amide bonds. The number of hydrogen-bond acceptors (Lipinski definition) is 6. The Kier molecular flexibility index (Phi) is 4.74. The van der Waals surface area contributed by atoms with Crippen molar-refractivity contribution in [2.45, 2.75) is 11.4 Å². The number of carbonyl (C=O) groups excluding carboxylic acids is 2. The third-order valence-electron chi connectivity index (χ3n) is 4.73. The standard InChI is InChI=1S/C20H17N3O4S/c1-23-17(21-14-6-4-3-5-13(14)19(23)25)12-9-7-11(8-10-12)15(27-2)16-18(24)22-20(26)28-16/h3-10,15-16H,1-2H3,(H,22,24,26). The number of hydrogen-bond donors (Lipinski definition) is 1. The fraction of sp³-hybridized carbons (Fsp3) is 0.200. The molecule has 28 heavy (non-hydrogen) atoms. The molecule has 2 unspecified atom stereocenters. The fourth-order valence-electron chi connectivity index (χ4n) is 3.30. The van der Waals surface area contributed by atoms with Gasteiger partial charge in [-0.3, -0.25) is 24.3 Å². The van der Waals surface area contributed by atoms with Crippen LogP contribution in [0.1, 0.15) is 11.7 Å². The zero-order valence-corrected chi connectivity index (χ0v) is 16.0. The van der Waals surface area contributed by atoms with Crippen LogP contribution >= 0.6 is 11.8 Å². The molecule has 2 heterocycles. The van der Waals surface area contributed by atoms with Crippen molar-refractivity contribution in [2.24, 2.45) is 7.05 Å². The van der Waals surface area contributed by atoms with Gasteiger partial charge in [0, 0.05) is 19.7 Å². The van der Waals surface area contributed by atoms with Crippen molar-refractivity contribution >= 4 is 33.8 Å². The van der Waals surface area contributed by atoms with Crippen LogP contribution in [0.15, 0.2) is 53.3 Å². The molecule has 0 spiro atoms. The minimum atomic E-state index is -0.633. The van der Waals surface area contributed by atoms with Gasteiger partial charge in [-0.25, -0.2) is 4.98 Å². The average Bonchev–Trinajstić information content (AvgIpc) is 3.04. The van der Waals surface area contributed by atoms with Gasteiger partial charge in [0.2, 0.25) is 5.91 Å². The summed E-state index contributed by atoms with van der Waals surface area (Å²) in [7, 11) is 3.19. The molecule has 2 aromatic carbocycles. The van der Waals surface area contributed by atoms with E-state index in [0.29, 0.717) is 16.7 Å². The van der Waals surface area contributed by atoms with Crippen LogP contribution in [0.25, 0.3) is 22.3 Å². The van der Waals surface area contributed by atoms with Crippen LogP contribution in [-0.2, 0) is 16.6 Å². The molecule has 1 aromatic heterocycles. The Bertz CT molecular complexity index is 1140. The quantitative estimate of drug-likeness (QED) is 0.730. The lowest BCUT2D eigenvalue weighted by Gasteiger charge is -2.19. The average molecular weight is 395 g/mol. The van der Waals surface area contributed by atoms with Crippen LogP contribution in [0.3, 0.4) is 0 Å². The predicted octanol–water partition coefficient (Wildman–Crippen LogP) is 2.64. The van der Waals surface area contributed by atoms with Crippen LogP contribution in [0, 0.1) is 0 Å². The third kappa shape index (κ3) is 3.10. The number of benzene rings is 2. The van der Waals surface area contributed by atoms with E-state index >= 15 is 0 Å². The Labute approximate surface area is 164 Å². The summed E-state index contributed by atoms with van der Waals surface area (Å²) in [6.45, 7) is 0. The Morgan fingerprint density at radius 1 is 1.11 bits per heavy atom. The summed E-state index contributed by atoms with van der Waals surface area (Å²) in [5.41, 5.74) is 2.05. The first-order chi connectivity index (χ1) is 13.5. The van der Waals surface area contributed by atoms with E-state index in [-0.39, 0.29) is 16.7 Å². The number of imide groups is 1. The molecule has 142 valence electrons. The smallest absolute Gasteiger partial charge is 0.286 e.